The third-order valence-corrected chi connectivity index (χ3v) is 7.36. The zero-order valence-corrected chi connectivity index (χ0v) is 23.1. The van der Waals surface area contributed by atoms with E-state index in [1.165, 1.54) is 11.3 Å². The largest absolute Gasteiger partial charge is 0.493 e. The SMILES string of the molecule is COc1ccc(-c2csc3nc(/C=C/c4ccc(OCc5ccccc5Cl)c(OC)c4)[nH]c(=O)c23)cc1OC. The van der Waals surface area contributed by atoms with Crippen molar-refractivity contribution >= 4 is 45.3 Å². The maximum atomic E-state index is 13.1. The number of hydrogen-bond acceptors (Lipinski definition) is 7. The first-order chi connectivity index (χ1) is 19.0. The summed E-state index contributed by atoms with van der Waals surface area (Å²) in [6, 6.07) is 18.7. The van der Waals surface area contributed by atoms with Gasteiger partial charge in [-0.25, -0.2) is 4.98 Å². The highest BCUT2D eigenvalue weighted by Gasteiger charge is 2.15. The van der Waals surface area contributed by atoms with Crippen LogP contribution >= 0.6 is 22.9 Å². The number of nitrogens with one attached hydrogen (secondary N) is 1. The monoisotopic (exact) mass is 560 g/mol. The van der Waals surface area contributed by atoms with Gasteiger partial charge < -0.3 is 23.9 Å². The van der Waals surface area contributed by atoms with Gasteiger partial charge in [-0.3, -0.25) is 4.79 Å². The summed E-state index contributed by atoms with van der Waals surface area (Å²) in [5.74, 6) is 2.85. The predicted molar refractivity (Wildman–Crippen MR) is 156 cm³/mol. The Labute approximate surface area is 234 Å². The Morgan fingerprint density at radius 1 is 0.897 bits per heavy atom. The van der Waals surface area contributed by atoms with Crippen molar-refractivity contribution in [3.8, 4) is 34.1 Å². The molecule has 2 heterocycles. The zero-order chi connectivity index (χ0) is 27.4. The van der Waals surface area contributed by atoms with Crippen molar-refractivity contribution in [1.29, 1.82) is 0 Å². The van der Waals surface area contributed by atoms with E-state index in [9.17, 15) is 4.79 Å². The first kappa shape index (κ1) is 26.3. The second-order valence-electron chi connectivity index (χ2n) is 8.47. The van der Waals surface area contributed by atoms with Gasteiger partial charge in [0.1, 0.15) is 17.3 Å². The molecule has 0 unspecified atom stereocenters. The van der Waals surface area contributed by atoms with Crippen molar-refractivity contribution in [2.24, 2.45) is 0 Å². The van der Waals surface area contributed by atoms with Crippen LogP contribution in [0, 0.1) is 0 Å². The Morgan fingerprint density at radius 3 is 2.41 bits per heavy atom. The van der Waals surface area contributed by atoms with Gasteiger partial charge in [-0.15, -0.1) is 11.3 Å². The average Bonchev–Trinajstić information content (AvgIpc) is 3.40. The van der Waals surface area contributed by atoms with Crippen molar-refractivity contribution in [1.82, 2.24) is 9.97 Å². The molecule has 0 aliphatic carbocycles. The second kappa shape index (κ2) is 11.6. The Morgan fingerprint density at radius 2 is 1.64 bits per heavy atom. The fraction of sp³-hybridized carbons (Fsp3) is 0.133. The van der Waals surface area contributed by atoms with Crippen LogP contribution in [0.15, 0.2) is 70.8 Å². The van der Waals surface area contributed by atoms with Gasteiger partial charge in [0.2, 0.25) is 0 Å². The fourth-order valence-electron chi connectivity index (χ4n) is 4.11. The molecule has 0 saturated heterocycles. The summed E-state index contributed by atoms with van der Waals surface area (Å²) in [6.07, 6.45) is 3.61. The van der Waals surface area contributed by atoms with Crippen LogP contribution in [0.1, 0.15) is 17.0 Å². The number of methoxy groups -OCH3 is 3. The molecule has 0 aliphatic rings. The highest BCUT2D eigenvalue weighted by atomic mass is 35.5. The van der Waals surface area contributed by atoms with Crippen molar-refractivity contribution < 1.29 is 18.9 Å². The van der Waals surface area contributed by atoms with Crippen LogP contribution in [0.2, 0.25) is 5.02 Å². The minimum absolute atomic E-state index is 0.216. The van der Waals surface area contributed by atoms with E-state index in [0.29, 0.717) is 50.7 Å². The molecule has 198 valence electrons. The molecular weight excluding hydrogens is 536 g/mol. The number of aromatic nitrogens is 2. The number of halogens is 1. The van der Waals surface area contributed by atoms with Gasteiger partial charge in [0, 0.05) is 21.5 Å². The number of H-pyrrole nitrogens is 1. The van der Waals surface area contributed by atoms with Crippen LogP contribution in [-0.4, -0.2) is 31.3 Å². The molecule has 0 aliphatic heterocycles. The van der Waals surface area contributed by atoms with Gasteiger partial charge in [-0.2, -0.15) is 0 Å². The van der Waals surface area contributed by atoms with Crippen LogP contribution in [0.25, 0.3) is 33.5 Å². The summed E-state index contributed by atoms with van der Waals surface area (Å²) in [5, 5.41) is 3.11. The lowest BCUT2D eigenvalue weighted by atomic mass is 10.1. The van der Waals surface area contributed by atoms with E-state index in [0.717, 1.165) is 22.3 Å². The van der Waals surface area contributed by atoms with Gasteiger partial charge >= 0.3 is 0 Å². The Kier molecular flexibility index (Phi) is 7.86. The van der Waals surface area contributed by atoms with Crippen molar-refractivity contribution in [2.45, 2.75) is 6.61 Å². The molecule has 7 nitrogen and oxygen atoms in total. The number of rotatable bonds is 9. The molecule has 3 aromatic carbocycles. The predicted octanol–water partition coefficient (Wildman–Crippen LogP) is 7.08. The Hall–Kier alpha value is -4.27. The third-order valence-electron chi connectivity index (χ3n) is 6.12. The summed E-state index contributed by atoms with van der Waals surface area (Å²) >= 11 is 7.64. The van der Waals surface area contributed by atoms with Crippen LogP contribution in [0.4, 0.5) is 0 Å². The maximum absolute atomic E-state index is 13.1. The smallest absolute Gasteiger partial charge is 0.260 e. The van der Waals surface area contributed by atoms with E-state index >= 15 is 0 Å². The maximum Gasteiger partial charge on any atom is 0.260 e. The summed E-state index contributed by atoms with van der Waals surface area (Å²) in [7, 11) is 4.75. The van der Waals surface area contributed by atoms with E-state index in [1.54, 1.807) is 27.4 Å². The van der Waals surface area contributed by atoms with Crippen molar-refractivity contribution in [3.05, 3.63) is 98.4 Å². The molecule has 1 N–H and O–H groups in total. The van der Waals surface area contributed by atoms with E-state index in [4.69, 9.17) is 30.5 Å². The summed E-state index contributed by atoms with van der Waals surface area (Å²) in [6.45, 7) is 0.322. The molecular formula is C30H25ClN2O5S. The van der Waals surface area contributed by atoms with E-state index < -0.39 is 0 Å². The minimum atomic E-state index is -0.216. The minimum Gasteiger partial charge on any atom is -0.493 e. The summed E-state index contributed by atoms with van der Waals surface area (Å²) < 4.78 is 22.2. The van der Waals surface area contributed by atoms with Crippen molar-refractivity contribution in [3.63, 3.8) is 0 Å². The number of aromatic amines is 1. The normalized spacial score (nSPS) is 11.2. The number of hydrogen-bond donors (Lipinski definition) is 1. The Bertz CT molecular complexity index is 1730. The summed E-state index contributed by atoms with van der Waals surface area (Å²) in [4.78, 5) is 21.3. The number of benzene rings is 3. The van der Waals surface area contributed by atoms with Crippen LogP contribution < -0.4 is 24.5 Å². The lowest BCUT2D eigenvalue weighted by molar-refractivity contribution is 0.284. The van der Waals surface area contributed by atoms with Crippen molar-refractivity contribution in [2.75, 3.05) is 21.3 Å². The van der Waals surface area contributed by atoms with Crippen LogP contribution in [0.5, 0.6) is 23.0 Å². The standard InChI is InChI=1S/C30H25ClN2O5S/c1-35-23-12-10-19(15-26(23)37-3)21-17-39-30-28(21)29(34)32-27(33-30)13-9-18-8-11-24(25(14-18)36-2)38-16-20-6-4-5-7-22(20)31/h4-15,17H,16H2,1-3H3,(H,32,33,34)/b13-9+. The number of ether oxygens (including phenoxy) is 4. The Balaban J connectivity index is 1.38. The highest BCUT2D eigenvalue weighted by Crippen LogP contribution is 2.36. The fourth-order valence-corrected chi connectivity index (χ4v) is 5.26. The molecule has 0 spiro atoms. The quantitative estimate of drug-likeness (QED) is 0.207. The third kappa shape index (κ3) is 5.62. The van der Waals surface area contributed by atoms with E-state index in [-0.39, 0.29) is 5.56 Å². The number of nitrogens with zero attached hydrogens (tertiary/aromatic N) is 1. The molecule has 0 bridgehead atoms. The molecule has 0 radical (unpaired) electrons. The van der Waals surface area contributed by atoms with Gasteiger partial charge in [0.15, 0.2) is 23.0 Å². The molecule has 0 fully saturated rings. The molecule has 9 heteroatoms. The van der Waals surface area contributed by atoms with Gasteiger partial charge in [0.25, 0.3) is 5.56 Å². The highest BCUT2D eigenvalue weighted by molar-refractivity contribution is 7.17. The summed E-state index contributed by atoms with van der Waals surface area (Å²) in [5.41, 5.74) is 3.16. The first-order valence-electron chi connectivity index (χ1n) is 12.0. The molecule has 0 saturated carbocycles. The van der Waals surface area contributed by atoms with Crippen LogP contribution in [0.3, 0.4) is 0 Å². The molecule has 39 heavy (non-hydrogen) atoms. The van der Waals surface area contributed by atoms with Gasteiger partial charge in [-0.1, -0.05) is 48.0 Å². The molecule has 5 rings (SSSR count). The molecule has 5 aromatic rings. The number of thiophene rings is 1. The lowest BCUT2D eigenvalue weighted by Gasteiger charge is -2.12. The average molecular weight is 561 g/mol. The lowest BCUT2D eigenvalue weighted by Crippen LogP contribution is -2.09. The molecule has 2 aromatic heterocycles. The van der Waals surface area contributed by atoms with E-state index in [1.807, 2.05) is 72.1 Å². The molecule has 0 atom stereocenters. The second-order valence-corrected chi connectivity index (χ2v) is 9.74. The van der Waals surface area contributed by atoms with E-state index in [2.05, 4.69) is 9.97 Å². The first-order valence-corrected chi connectivity index (χ1v) is 13.2. The topological polar surface area (TPSA) is 82.7 Å². The van der Waals surface area contributed by atoms with Gasteiger partial charge in [-0.05, 0) is 47.5 Å². The van der Waals surface area contributed by atoms with Gasteiger partial charge in [0.05, 0.1) is 26.7 Å². The van der Waals surface area contributed by atoms with Crippen LogP contribution in [-0.2, 0) is 6.61 Å². The zero-order valence-electron chi connectivity index (χ0n) is 21.5. The number of fused-ring (bicyclic) bond motifs is 1. The molecule has 0 amide bonds.